The summed E-state index contributed by atoms with van der Waals surface area (Å²) in [6, 6.07) is 0. The van der Waals surface area contributed by atoms with E-state index in [1.807, 2.05) is 0 Å². The van der Waals surface area contributed by atoms with E-state index in [2.05, 4.69) is 93.7 Å². The van der Waals surface area contributed by atoms with Gasteiger partial charge in [0.25, 0.3) is 0 Å². The molecule has 0 rings (SSSR count). The molecule has 0 amide bonds. The molecule has 6 nitrogen and oxygen atoms in total. The maximum absolute atomic E-state index is 12.7. The molecule has 0 fully saturated rings. The summed E-state index contributed by atoms with van der Waals surface area (Å²) in [4.78, 5) is 37.8. The van der Waals surface area contributed by atoms with Gasteiger partial charge in [0.15, 0.2) is 6.10 Å². The third-order valence-electron chi connectivity index (χ3n) is 10.2. The summed E-state index contributed by atoms with van der Waals surface area (Å²) < 4.78 is 16.7. The van der Waals surface area contributed by atoms with Gasteiger partial charge in [0, 0.05) is 19.3 Å². The quantitative estimate of drug-likeness (QED) is 0.0264. The molecule has 0 heterocycles. The summed E-state index contributed by atoms with van der Waals surface area (Å²) in [7, 11) is 0. The zero-order valence-electron chi connectivity index (χ0n) is 38.5. The van der Waals surface area contributed by atoms with Crippen LogP contribution in [0.2, 0.25) is 0 Å². The Morgan fingerprint density at radius 3 is 1.05 bits per heavy atom. The zero-order chi connectivity index (χ0) is 43.0. The Morgan fingerprint density at radius 1 is 0.356 bits per heavy atom. The van der Waals surface area contributed by atoms with E-state index in [0.29, 0.717) is 19.3 Å². The van der Waals surface area contributed by atoms with Crippen molar-refractivity contribution in [1.82, 2.24) is 0 Å². The summed E-state index contributed by atoms with van der Waals surface area (Å²) in [6.45, 7) is 6.37. The van der Waals surface area contributed by atoms with Crippen molar-refractivity contribution in [3.63, 3.8) is 0 Å². The highest BCUT2D eigenvalue weighted by molar-refractivity contribution is 5.71. The first-order valence-corrected chi connectivity index (χ1v) is 24.4. The van der Waals surface area contributed by atoms with Gasteiger partial charge in [-0.05, 0) is 83.5 Å². The molecule has 6 heteroatoms. The van der Waals surface area contributed by atoms with Gasteiger partial charge >= 0.3 is 17.9 Å². The van der Waals surface area contributed by atoms with Gasteiger partial charge in [-0.15, -0.1) is 0 Å². The second-order valence-corrected chi connectivity index (χ2v) is 16.0. The van der Waals surface area contributed by atoms with E-state index in [0.717, 1.165) is 109 Å². The van der Waals surface area contributed by atoms with Crippen molar-refractivity contribution in [3.8, 4) is 0 Å². The van der Waals surface area contributed by atoms with Gasteiger partial charge in [-0.2, -0.15) is 0 Å². The Kier molecular flexibility index (Phi) is 45.0. The second-order valence-electron chi connectivity index (χ2n) is 16.0. The fourth-order valence-electron chi connectivity index (χ4n) is 6.59. The lowest BCUT2D eigenvalue weighted by Crippen LogP contribution is -2.30. The lowest BCUT2D eigenvalue weighted by atomic mass is 10.1. The van der Waals surface area contributed by atoms with Gasteiger partial charge in [-0.25, -0.2) is 0 Å². The third kappa shape index (κ3) is 45.8. The van der Waals surface area contributed by atoms with Crippen LogP contribution in [0.15, 0.2) is 72.9 Å². The summed E-state index contributed by atoms with van der Waals surface area (Å²) in [6.07, 6.45) is 58.8. The SMILES string of the molecule is CC/C=C\C/C=C\C/C=C\CCCCCCCCCC(=O)OCC(COC(=O)CCCCCCCCCCCCC)OC(=O)CCCCC/C=C\C/C=C\C/C=C\CC. The highest BCUT2D eigenvalue weighted by Gasteiger charge is 2.19. The number of unbranched alkanes of at least 4 members (excludes halogenated alkanes) is 20. The monoisotopic (exact) mass is 823 g/mol. The summed E-state index contributed by atoms with van der Waals surface area (Å²) in [5, 5.41) is 0. The lowest BCUT2D eigenvalue weighted by molar-refractivity contribution is -0.167. The minimum absolute atomic E-state index is 0.0895. The van der Waals surface area contributed by atoms with Crippen molar-refractivity contribution in [2.75, 3.05) is 13.2 Å². The molecule has 1 unspecified atom stereocenters. The summed E-state index contributed by atoms with van der Waals surface area (Å²) >= 11 is 0. The van der Waals surface area contributed by atoms with E-state index in [-0.39, 0.29) is 31.1 Å². The molecule has 338 valence electrons. The number of ether oxygens (including phenoxy) is 3. The van der Waals surface area contributed by atoms with Crippen LogP contribution in [0.1, 0.15) is 226 Å². The van der Waals surface area contributed by atoms with Crippen LogP contribution in [0, 0.1) is 0 Å². The van der Waals surface area contributed by atoms with E-state index in [4.69, 9.17) is 14.2 Å². The number of esters is 3. The van der Waals surface area contributed by atoms with Gasteiger partial charge in [0.05, 0.1) is 0 Å². The van der Waals surface area contributed by atoms with Crippen LogP contribution < -0.4 is 0 Å². The first-order valence-electron chi connectivity index (χ1n) is 24.4. The molecule has 0 aliphatic carbocycles. The fraction of sp³-hybridized carbons (Fsp3) is 0.717. The number of hydrogen-bond acceptors (Lipinski definition) is 6. The van der Waals surface area contributed by atoms with Crippen LogP contribution in [0.4, 0.5) is 0 Å². The lowest BCUT2D eigenvalue weighted by Gasteiger charge is -2.18. The molecule has 0 aliphatic heterocycles. The predicted molar refractivity (Wildman–Crippen MR) is 251 cm³/mol. The Labute approximate surface area is 363 Å². The minimum Gasteiger partial charge on any atom is -0.462 e. The van der Waals surface area contributed by atoms with E-state index >= 15 is 0 Å². The zero-order valence-corrected chi connectivity index (χ0v) is 38.5. The largest absolute Gasteiger partial charge is 0.462 e. The molecular weight excluding hydrogens is 733 g/mol. The molecule has 0 N–H and O–H groups in total. The molecule has 0 saturated carbocycles. The van der Waals surface area contributed by atoms with Crippen LogP contribution in [-0.2, 0) is 28.6 Å². The predicted octanol–water partition coefficient (Wildman–Crippen LogP) is 15.9. The van der Waals surface area contributed by atoms with Crippen LogP contribution in [0.5, 0.6) is 0 Å². The Bertz CT molecular complexity index is 1130. The van der Waals surface area contributed by atoms with Gasteiger partial charge in [0.1, 0.15) is 13.2 Å². The molecule has 0 saturated heterocycles. The Hall–Kier alpha value is -3.15. The summed E-state index contributed by atoms with van der Waals surface area (Å²) in [5.41, 5.74) is 0. The number of hydrogen-bond donors (Lipinski definition) is 0. The molecule has 0 aromatic heterocycles. The van der Waals surface area contributed by atoms with Gasteiger partial charge in [-0.1, -0.05) is 196 Å². The van der Waals surface area contributed by atoms with Crippen molar-refractivity contribution in [2.24, 2.45) is 0 Å². The first kappa shape index (κ1) is 55.9. The highest BCUT2D eigenvalue weighted by atomic mass is 16.6. The molecule has 0 aliphatic rings. The molecule has 1 atom stereocenters. The molecule has 0 radical (unpaired) electrons. The van der Waals surface area contributed by atoms with Crippen LogP contribution in [-0.4, -0.2) is 37.2 Å². The van der Waals surface area contributed by atoms with Crippen molar-refractivity contribution < 1.29 is 28.6 Å². The molecule has 0 aromatic carbocycles. The van der Waals surface area contributed by atoms with E-state index in [1.54, 1.807) is 0 Å². The molecule has 0 aromatic rings. The smallest absolute Gasteiger partial charge is 0.306 e. The number of carbonyl (C=O) groups is 3. The van der Waals surface area contributed by atoms with E-state index in [1.165, 1.54) is 77.0 Å². The maximum Gasteiger partial charge on any atom is 0.306 e. The van der Waals surface area contributed by atoms with E-state index < -0.39 is 6.10 Å². The molecule has 59 heavy (non-hydrogen) atoms. The average molecular weight is 823 g/mol. The molecular formula is C53H90O6. The van der Waals surface area contributed by atoms with Crippen LogP contribution in [0.3, 0.4) is 0 Å². The van der Waals surface area contributed by atoms with Crippen molar-refractivity contribution in [3.05, 3.63) is 72.9 Å². The Balaban J connectivity index is 4.41. The number of carbonyl (C=O) groups excluding carboxylic acids is 3. The molecule has 0 bridgehead atoms. The van der Waals surface area contributed by atoms with Gasteiger partial charge < -0.3 is 14.2 Å². The second kappa shape index (κ2) is 47.5. The third-order valence-corrected chi connectivity index (χ3v) is 10.2. The maximum atomic E-state index is 12.7. The number of rotatable bonds is 43. The highest BCUT2D eigenvalue weighted by Crippen LogP contribution is 2.14. The van der Waals surface area contributed by atoms with Crippen LogP contribution >= 0.6 is 0 Å². The fourth-order valence-corrected chi connectivity index (χ4v) is 6.59. The van der Waals surface area contributed by atoms with E-state index in [9.17, 15) is 14.4 Å². The Morgan fingerprint density at radius 2 is 0.661 bits per heavy atom. The number of allylic oxidation sites excluding steroid dienone is 12. The first-order chi connectivity index (χ1) is 29.0. The average Bonchev–Trinajstić information content (AvgIpc) is 3.23. The normalized spacial score (nSPS) is 12.7. The van der Waals surface area contributed by atoms with Gasteiger partial charge in [0.2, 0.25) is 0 Å². The molecule has 0 spiro atoms. The minimum atomic E-state index is -0.791. The van der Waals surface area contributed by atoms with Gasteiger partial charge in [-0.3, -0.25) is 14.4 Å². The standard InChI is InChI=1S/C53H90O6/c1-4-7-10-13-16-19-22-24-25-26-27-29-31-34-37-40-43-46-52(55)58-49-50(48-57-51(54)45-42-39-36-33-30-21-18-15-12-9-6-3)59-53(56)47-44-41-38-35-32-28-23-20-17-14-11-8-5-2/h7-8,10-11,16-17,19-20,24-25,28,32,50H,4-6,9,12-15,18,21-23,26-27,29-31,33-49H2,1-3H3/b10-7-,11-8-,19-16-,20-17-,25-24-,32-28-. The topological polar surface area (TPSA) is 78.9 Å². The van der Waals surface area contributed by atoms with Crippen molar-refractivity contribution in [2.45, 2.75) is 232 Å². The summed E-state index contributed by atoms with van der Waals surface area (Å²) in [5.74, 6) is -0.931. The van der Waals surface area contributed by atoms with Crippen LogP contribution in [0.25, 0.3) is 0 Å². The van der Waals surface area contributed by atoms with Crippen molar-refractivity contribution >= 4 is 17.9 Å². The van der Waals surface area contributed by atoms with Crippen molar-refractivity contribution in [1.29, 1.82) is 0 Å².